The number of anilines is 1. The molecule has 2 aromatic carbocycles. The van der Waals surface area contributed by atoms with Gasteiger partial charge in [0, 0.05) is 36.1 Å². The molecule has 7 nitrogen and oxygen atoms in total. The minimum Gasteiger partial charge on any atom is -0.357 e. The number of benzene rings is 2. The van der Waals surface area contributed by atoms with Crippen LogP contribution >= 0.6 is 27.5 Å². The normalized spacial score (nSPS) is 12.2. The summed E-state index contributed by atoms with van der Waals surface area (Å²) in [5.74, 6) is -0.502. The van der Waals surface area contributed by atoms with Crippen LogP contribution in [0.2, 0.25) is 5.02 Å². The first-order chi connectivity index (χ1) is 15.0. The lowest BCUT2D eigenvalue weighted by Crippen LogP contribution is -2.46. The average molecular weight is 545 g/mol. The zero-order valence-electron chi connectivity index (χ0n) is 18.2. The minimum atomic E-state index is -3.54. The van der Waals surface area contributed by atoms with Crippen molar-refractivity contribution in [1.29, 1.82) is 0 Å². The molecule has 1 atom stereocenters. The van der Waals surface area contributed by atoms with E-state index in [1.807, 2.05) is 24.3 Å². The molecule has 0 fully saturated rings. The van der Waals surface area contributed by atoms with Crippen molar-refractivity contribution in [1.82, 2.24) is 10.2 Å². The first-order valence-corrected chi connectivity index (χ1v) is 13.0. The smallest absolute Gasteiger partial charge is 0.242 e. The highest BCUT2D eigenvalue weighted by Gasteiger charge is 2.26. The van der Waals surface area contributed by atoms with Gasteiger partial charge in [-0.15, -0.1) is 0 Å². The molecule has 0 saturated heterocycles. The molecule has 10 heteroatoms. The van der Waals surface area contributed by atoms with Gasteiger partial charge < -0.3 is 10.2 Å². The predicted octanol–water partition coefficient (Wildman–Crippen LogP) is 3.81. The van der Waals surface area contributed by atoms with Gasteiger partial charge in [-0.25, -0.2) is 8.42 Å². The third-order valence-corrected chi connectivity index (χ3v) is 6.86. The van der Waals surface area contributed by atoms with E-state index >= 15 is 0 Å². The lowest BCUT2D eigenvalue weighted by atomic mass is 10.1. The van der Waals surface area contributed by atoms with Gasteiger partial charge in [-0.2, -0.15) is 0 Å². The van der Waals surface area contributed by atoms with Gasteiger partial charge in [-0.1, -0.05) is 39.7 Å². The van der Waals surface area contributed by atoms with Crippen molar-refractivity contribution in [2.45, 2.75) is 32.4 Å². The summed E-state index contributed by atoms with van der Waals surface area (Å²) in [6.07, 6.45) is 1.51. The Kier molecular flexibility index (Phi) is 9.54. The molecule has 1 N–H and O–H groups in total. The lowest BCUT2D eigenvalue weighted by molar-refractivity contribution is -0.140. The highest BCUT2D eigenvalue weighted by molar-refractivity contribution is 9.10. The molecule has 2 aromatic rings. The third-order valence-electron chi connectivity index (χ3n) is 4.92. The summed E-state index contributed by atoms with van der Waals surface area (Å²) in [6.45, 7) is 2.07. The van der Waals surface area contributed by atoms with E-state index in [0.29, 0.717) is 17.1 Å². The maximum atomic E-state index is 13.1. The van der Waals surface area contributed by atoms with Crippen molar-refractivity contribution in [2.24, 2.45) is 0 Å². The summed E-state index contributed by atoms with van der Waals surface area (Å²) < 4.78 is 26.7. The Morgan fingerprint density at radius 2 is 1.81 bits per heavy atom. The van der Waals surface area contributed by atoms with Crippen molar-refractivity contribution in [3.8, 4) is 0 Å². The second-order valence-electron chi connectivity index (χ2n) is 7.36. The van der Waals surface area contributed by atoms with Gasteiger partial charge >= 0.3 is 0 Å². The predicted molar refractivity (Wildman–Crippen MR) is 131 cm³/mol. The number of amides is 2. The van der Waals surface area contributed by atoms with E-state index < -0.39 is 16.1 Å². The molecule has 32 heavy (non-hydrogen) atoms. The topological polar surface area (TPSA) is 86.8 Å². The van der Waals surface area contributed by atoms with Gasteiger partial charge in [-0.05, 0) is 55.3 Å². The molecule has 0 spiro atoms. The zero-order chi connectivity index (χ0) is 23.9. The first kappa shape index (κ1) is 26.2. The van der Waals surface area contributed by atoms with Crippen molar-refractivity contribution in [2.75, 3.05) is 24.2 Å². The van der Waals surface area contributed by atoms with E-state index in [-0.39, 0.29) is 31.3 Å². The van der Waals surface area contributed by atoms with Crippen LogP contribution in [0.4, 0.5) is 5.69 Å². The third kappa shape index (κ3) is 7.50. The second-order valence-corrected chi connectivity index (χ2v) is 10.6. The lowest BCUT2D eigenvalue weighted by Gasteiger charge is -2.29. The molecular formula is C22H27BrClN3O4S. The molecule has 0 heterocycles. The summed E-state index contributed by atoms with van der Waals surface area (Å²) in [5, 5.41) is 3.08. The van der Waals surface area contributed by atoms with E-state index in [9.17, 15) is 18.0 Å². The fourth-order valence-corrected chi connectivity index (χ4v) is 4.77. The molecule has 0 aliphatic heterocycles. The summed E-state index contributed by atoms with van der Waals surface area (Å²) in [7, 11) is -2.02. The molecule has 2 amide bonds. The van der Waals surface area contributed by atoms with Gasteiger partial charge in [0.2, 0.25) is 21.8 Å². The standard InChI is InChI=1S/C22H27BrClN3O4S/c1-16(22(29)25-2)26(15-17-6-4-7-18(23)14-17)21(28)8-5-13-27(32(3,30)31)20-11-9-19(24)10-12-20/h4,6-7,9-12,14,16H,5,8,13,15H2,1-3H3,(H,25,29). The van der Waals surface area contributed by atoms with Gasteiger partial charge in [-0.3, -0.25) is 13.9 Å². The average Bonchev–Trinajstić information content (AvgIpc) is 2.74. The Hall–Kier alpha value is -2.10. The minimum absolute atomic E-state index is 0.0922. The number of likely N-dealkylation sites (N-methyl/N-ethyl adjacent to an activating group) is 1. The number of hydrogen-bond donors (Lipinski definition) is 1. The highest BCUT2D eigenvalue weighted by atomic mass is 79.9. The molecular weight excluding hydrogens is 518 g/mol. The Bertz CT molecular complexity index is 1050. The van der Waals surface area contributed by atoms with Crippen LogP contribution in [0.3, 0.4) is 0 Å². The highest BCUT2D eigenvalue weighted by Crippen LogP contribution is 2.22. The summed E-state index contributed by atoms with van der Waals surface area (Å²) in [6, 6.07) is 13.3. The van der Waals surface area contributed by atoms with Crippen molar-refractivity contribution in [3.05, 3.63) is 63.6 Å². The Balaban J connectivity index is 2.13. The molecule has 0 aromatic heterocycles. The van der Waals surface area contributed by atoms with Crippen molar-refractivity contribution >= 4 is 55.1 Å². The molecule has 0 bridgehead atoms. The maximum absolute atomic E-state index is 13.1. The van der Waals surface area contributed by atoms with E-state index in [0.717, 1.165) is 16.3 Å². The molecule has 0 radical (unpaired) electrons. The number of nitrogens with zero attached hydrogens (tertiary/aromatic N) is 2. The number of sulfonamides is 1. The summed E-state index contributed by atoms with van der Waals surface area (Å²) in [5.41, 5.74) is 1.36. The van der Waals surface area contributed by atoms with Gasteiger partial charge in [0.25, 0.3) is 0 Å². The Morgan fingerprint density at radius 1 is 1.16 bits per heavy atom. The van der Waals surface area contributed by atoms with E-state index in [4.69, 9.17) is 11.6 Å². The summed E-state index contributed by atoms with van der Waals surface area (Å²) >= 11 is 9.32. The van der Waals surface area contributed by atoms with Gasteiger partial charge in [0.15, 0.2) is 0 Å². The number of nitrogens with one attached hydrogen (secondary N) is 1. The number of carbonyl (C=O) groups excluding carboxylic acids is 2. The Morgan fingerprint density at radius 3 is 2.38 bits per heavy atom. The quantitative estimate of drug-likeness (QED) is 0.493. The van der Waals surface area contributed by atoms with Crippen LogP contribution in [0.1, 0.15) is 25.3 Å². The zero-order valence-corrected chi connectivity index (χ0v) is 21.4. The second kappa shape index (κ2) is 11.7. The van der Waals surface area contributed by atoms with Gasteiger partial charge in [0.05, 0.1) is 11.9 Å². The molecule has 0 saturated carbocycles. The summed E-state index contributed by atoms with van der Waals surface area (Å²) in [4.78, 5) is 26.8. The van der Waals surface area contributed by atoms with Crippen LogP contribution in [-0.2, 0) is 26.2 Å². The maximum Gasteiger partial charge on any atom is 0.242 e. The van der Waals surface area contributed by atoms with Crippen LogP contribution in [-0.4, -0.2) is 51.0 Å². The SMILES string of the molecule is CNC(=O)C(C)N(Cc1cccc(Br)c1)C(=O)CCCN(c1ccc(Cl)cc1)S(C)(=O)=O. The first-order valence-electron chi connectivity index (χ1n) is 10.0. The number of rotatable bonds is 10. The van der Waals surface area contributed by atoms with Crippen LogP contribution in [0, 0.1) is 0 Å². The van der Waals surface area contributed by atoms with Crippen LogP contribution in [0.15, 0.2) is 53.0 Å². The van der Waals surface area contributed by atoms with E-state index in [1.54, 1.807) is 31.2 Å². The van der Waals surface area contributed by atoms with E-state index in [2.05, 4.69) is 21.2 Å². The van der Waals surface area contributed by atoms with Crippen LogP contribution in [0.25, 0.3) is 0 Å². The van der Waals surface area contributed by atoms with Crippen molar-refractivity contribution in [3.63, 3.8) is 0 Å². The van der Waals surface area contributed by atoms with Crippen LogP contribution in [0.5, 0.6) is 0 Å². The molecule has 0 aliphatic rings. The van der Waals surface area contributed by atoms with Crippen molar-refractivity contribution < 1.29 is 18.0 Å². The molecule has 2 rings (SSSR count). The van der Waals surface area contributed by atoms with E-state index in [1.165, 1.54) is 16.3 Å². The fourth-order valence-electron chi connectivity index (χ4n) is 3.23. The monoisotopic (exact) mass is 543 g/mol. The number of hydrogen-bond acceptors (Lipinski definition) is 4. The number of halogens is 2. The number of carbonyl (C=O) groups is 2. The fraction of sp³-hybridized carbons (Fsp3) is 0.364. The molecule has 174 valence electrons. The Labute approximate surface area is 202 Å². The van der Waals surface area contributed by atoms with Gasteiger partial charge in [0.1, 0.15) is 6.04 Å². The molecule has 1 unspecified atom stereocenters. The van der Waals surface area contributed by atoms with Crippen LogP contribution < -0.4 is 9.62 Å². The molecule has 0 aliphatic carbocycles. The largest absolute Gasteiger partial charge is 0.357 e.